The third kappa shape index (κ3) is 3.74. The zero-order valence-corrected chi connectivity index (χ0v) is 13.8. The van der Waals surface area contributed by atoms with Gasteiger partial charge in [-0.1, -0.05) is 0 Å². The molecular formula is C16H15ClF2N4O2. The van der Waals surface area contributed by atoms with Crippen LogP contribution in [-0.2, 0) is 12.8 Å². The number of nitrogens with one attached hydrogen (secondary N) is 1. The van der Waals surface area contributed by atoms with Gasteiger partial charge in [-0.2, -0.15) is 0 Å². The summed E-state index contributed by atoms with van der Waals surface area (Å²) >= 11 is 0. The molecular weight excluding hydrogens is 354 g/mol. The van der Waals surface area contributed by atoms with Crippen LogP contribution in [0.25, 0.3) is 5.69 Å². The predicted molar refractivity (Wildman–Crippen MR) is 87.6 cm³/mol. The first-order valence-corrected chi connectivity index (χ1v) is 7.50. The van der Waals surface area contributed by atoms with Crippen molar-refractivity contribution in [2.45, 2.75) is 25.6 Å². The van der Waals surface area contributed by atoms with Gasteiger partial charge in [0.25, 0.3) is 0 Å². The van der Waals surface area contributed by atoms with Crippen LogP contribution in [0.15, 0.2) is 43.1 Å². The van der Waals surface area contributed by atoms with E-state index in [4.69, 9.17) is 0 Å². The van der Waals surface area contributed by atoms with Crippen LogP contribution in [0.4, 0.5) is 8.78 Å². The molecule has 0 unspecified atom stereocenters. The molecule has 1 aliphatic rings. The second-order valence-electron chi connectivity index (χ2n) is 5.46. The van der Waals surface area contributed by atoms with Crippen molar-refractivity contribution in [2.24, 2.45) is 0 Å². The van der Waals surface area contributed by atoms with E-state index in [1.54, 1.807) is 29.4 Å². The third-order valence-electron chi connectivity index (χ3n) is 3.72. The normalized spacial score (nSPS) is 14.3. The number of hydrogen-bond donors (Lipinski definition) is 1. The molecule has 9 heteroatoms. The van der Waals surface area contributed by atoms with Crippen LogP contribution in [0, 0.1) is 0 Å². The number of imidazole rings is 2. The van der Waals surface area contributed by atoms with Crippen LogP contribution in [-0.4, -0.2) is 25.8 Å². The molecule has 2 aromatic heterocycles. The average molecular weight is 369 g/mol. The highest BCUT2D eigenvalue weighted by molar-refractivity contribution is 5.85. The maximum Gasteiger partial charge on any atom is 0.586 e. The summed E-state index contributed by atoms with van der Waals surface area (Å²) in [6.07, 6.45) is 6.01. The Morgan fingerprint density at radius 2 is 1.96 bits per heavy atom. The number of aromatic amines is 1. The van der Waals surface area contributed by atoms with E-state index in [9.17, 15) is 8.78 Å². The highest BCUT2D eigenvalue weighted by Gasteiger charge is 2.43. The number of rotatable bonds is 5. The lowest BCUT2D eigenvalue weighted by molar-refractivity contribution is -0.286. The van der Waals surface area contributed by atoms with Crippen molar-refractivity contribution in [2.75, 3.05) is 0 Å². The smallest absolute Gasteiger partial charge is 0.395 e. The Balaban J connectivity index is 0.00000182. The molecule has 1 aliphatic heterocycles. The van der Waals surface area contributed by atoms with Crippen molar-refractivity contribution in [1.82, 2.24) is 19.5 Å². The number of ether oxygens (including phenoxy) is 2. The number of halogens is 3. The summed E-state index contributed by atoms with van der Waals surface area (Å²) in [6, 6.07) is 4.64. The molecule has 4 rings (SSSR count). The zero-order chi connectivity index (χ0) is 16.6. The predicted octanol–water partition coefficient (Wildman–Crippen LogP) is 3.51. The Morgan fingerprint density at radius 1 is 1.12 bits per heavy atom. The lowest BCUT2D eigenvalue weighted by Crippen LogP contribution is -2.25. The minimum Gasteiger partial charge on any atom is -0.395 e. The van der Waals surface area contributed by atoms with E-state index in [0.717, 1.165) is 30.8 Å². The first-order valence-electron chi connectivity index (χ1n) is 7.50. The van der Waals surface area contributed by atoms with E-state index >= 15 is 0 Å². The van der Waals surface area contributed by atoms with Gasteiger partial charge in [0.2, 0.25) is 0 Å². The van der Waals surface area contributed by atoms with Gasteiger partial charge in [-0.15, -0.1) is 21.2 Å². The maximum atomic E-state index is 13.1. The molecule has 0 spiro atoms. The lowest BCUT2D eigenvalue weighted by atomic mass is 10.2. The van der Waals surface area contributed by atoms with E-state index < -0.39 is 6.29 Å². The Bertz CT molecular complexity index is 852. The van der Waals surface area contributed by atoms with Gasteiger partial charge in [0.1, 0.15) is 5.82 Å². The first-order chi connectivity index (χ1) is 11.6. The van der Waals surface area contributed by atoms with E-state index in [1.165, 1.54) is 12.1 Å². The topological polar surface area (TPSA) is 65.0 Å². The number of aryl methyl sites for hydroxylation is 2. The Hall–Kier alpha value is -2.61. The highest BCUT2D eigenvalue weighted by atomic mass is 35.5. The number of aromatic nitrogens is 4. The molecule has 132 valence electrons. The molecule has 25 heavy (non-hydrogen) atoms. The summed E-state index contributed by atoms with van der Waals surface area (Å²) in [4.78, 5) is 11.6. The summed E-state index contributed by atoms with van der Waals surface area (Å²) in [5, 5.41) is 0. The molecule has 0 saturated heterocycles. The second-order valence-corrected chi connectivity index (χ2v) is 5.46. The van der Waals surface area contributed by atoms with Crippen molar-refractivity contribution in [3.63, 3.8) is 0 Å². The van der Waals surface area contributed by atoms with Crippen molar-refractivity contribution < 1.29 is 18.3 Å². The highest BCUT2D eigenvalue weighted by Crippen LogP contribution is 2.41. The lowest BCUT2D eigenvalue weighted by Gasteiger charge is -2.04. The Morgan fingerprint density at radius 3 is 2.76 bits per heavy atom. The van der Waals surface area contributed by atoms with Gasteiger partial charge in [0, 0.05) is 31.1 Å². The molecule has 0 aliphatic carbocycles. The number of benzene rings is 1. The fourth-order valence-corrected chi connectivity index (χ4v) is 2.60. The molecule has 1 N–H and O–H groups in total. The fraction of sp³-hybridized carbons (Fsp3) is 0.250. The average Bonchev–Trinajstić information content (AvgIpc) is 3.24. The van der Waals surface area contributed by atoms with E-state index in [0.29, 0.717) is 5.69 Å². The summed E-state index contributed by atoms with van der Waals surface area (Å²) in [6.45, 7) is 0. The third-order valence-corrected chi connectivity index (χ3v) is 3.72. The molecule has 0 bridgehead atoms. The second kappa shape index (κ2) is 6.72. The van der Waals surface area contributed by atoms with Crippen molar-refractivity contribution >= 4 is 12.4 Å². The largest absolute Gasteiger partial charge is 0.586 e. The monoisotopic (exact) mass is 368 g/mol. The molecule has 0 amide bonds. The first kappa shape index (κ1) is 17.2. The molecule has 3 aromatic rings. The molecule has 0 atom stereocenters. The summed E-state index contributed by atoms with van der Waals surface area (Å²) in [5.41, 5.74) is 1.60. The number of alkyl halides is 2. The van der Waals surface area contributed by atoms with Gasteiger partial charge < -0.3 is 19.0 Å². The standard InChI is InChI=1S/C16H14F2N4O2.ClH/c17-16(18)23-13-5-4-12(8-14(13)24-16)22-9-11(21-10-22)2-1-3-15-19-6-7-20-15;/h4-10H,1-3H2,(H,19,20);1H. The Kier molecular flexibility index (Phi) is 4.63. The Labute approximate surface area is 148 Å². The van der Waals surface area contributed by atoms with Crippen LogP contribution >= 0.6 is 12.4 Å². The van der Waals surface area contributed by atoms with Gasteiger partial charge in [0.05, 0.1) is 17.7 Å². The molecule has 6 nitrogen and oxygen atoms in total. The maximum absolute atomic E-state index is 13.1. The van der Waals surface area contributed by atoms with Crippen LogP contribution in [0.5, 0.6) is 11.5 Å². The van der Waals surface area contributed by atoms with Crippen LogP contribution in [0.1, 0.15) is 17.9 Å². The van der Waals surface area contributed by atoms with Gasteiger partial charge in [-0.25, -0.2) is 9.97 Å². The van der Waals surface area contributed by atoms with E-state index in [2.05, 4.69) is 24.4 Å². The minimum absolute atomic E-state index is 0. The number of H-pyrrole nitrogens is 1. The number of nitrogens with zero attached hydrogens (tertiary/aromatic N) is 3. The molecule has 0 saturated carbocycles. The zero-order valence-electron chi connectivity index (χ0n) is 13.0. The van der Waals surface area contributed by atoms with E-state index in [1.807, 2.05) is 6.20 Å². The number of fused-ring (bicyclic) bond motifs is 1. The summed E-state index contributed by atoms with van der Waals surface area (Å²) in [7, 11) is 0. The molecule has 0 radical (unpaired) electrons. The molecule has 0 fully saturated rings. The molecule has 1 aromatic carbocycles. The van der Waals surface area contributed by atoms with Crippen molar-refractivity contribution in [3.8, 4) is 17.2 Å². The van der Waals surface area contributed by atoms with Crippen molar-refractivity contribution in [3.05, 3.63) is 54.6 Å². The SMILES string of the molecule is Cl.FC1(F)Oc2ccc(-n3cnc(CCCc4ncc[nH]4)c3)cc2O1. The fourth-order valence-electron chi connectivity index (χ4n) is 2.60. The minimum atomic E-state index is -3.60. The van der Waals surface area contributed by atoms with Gasteiger partial charge in [-0.3, -0.25) is 0 Å². The van der Waals surface area contributed by atoms with Crippen molar-refractivity contribution in [1.29, 1.82) is 0 Å². The van der Waals surface area contributed by atoms with Crippen LogP contribution in [0.2, 0.25) is 0 Å². The van der Waals surface area contributed by atoms with Crippen LogP contribution in [0.3, 0.4) is 0 Å². The summed E-state index contributed by atoms with van der Waals surface area (Å²) in [5.74, 6) is 0.999. The quantitative estimate of drug-likeness (QED) is 0.748. The number of hydrogen-bond acceptors (Lipinski definition) is 4. The molecule has 3 heterocycles. The summed E-state index contributed by atoms with van der Waals surface area (Å²) < 4.78 is 36.7. The van der Waals surface area contributed by atoms with E-state index in [-0.39, 0.29) is 23.9 Å². The van der Waals surface area contributed by atoms with Gasteiger partial charge in [0.15, 0.2) is 11.5 Å². The van der Waals surface area contributed by atoms with Gasteiger partial charge in [-0.05, 0) is 25.0 Å². The van der Waals surface area contributed by atoms with Gasteiger partial charge >= 0.3 is 6.29 Å². The van der Waals surface area contributed by atoms with Crippen LogP contribution < -0.4 is 9.47 Å².